The summed E-state index contributed by atoms with van der Waals surface area (Å²) in [4.78, 5) is 13.5. The molecule has 0 N–H and O–H groups in total. The van der Waals surface area contributed by atoms with Crippen LogP contribution < -0.4 is 0 Å². The van der Waals surface area contributed by atoms with E-state index >= 15 is 0 Å². The highest BCUT2D eigenvalue weighted by atomic mass is 35.5. The van der Waals surface area contributed by atoms with Gasteiger partial charge >= 0.3 is 5.97 Å². The summed E-state index contributed by atoms with van der Waals surface area (Å²) in [6, 6.07) is 14.4. The van der Waals surface area contributed by atoms with E-state index in [1.807, 2.05) is 24.3 Å². The fraction of sp³-hybridized carbons (Fsp3) is 0.235. The first kappa shape index (κ1) is 17.8. The summed E-state index contributed by atoms with van der Waals surface area (Å²) in [7, 11) is 1.32. The number of methoxy groups -OCH3 is 1. The van der Waals surface area contributed by atoms with Gasteiger partial charge in [0.05, 0.1) is 7.11 Å². The van der Waals surface area contributed by atoms with Crippen molar-refractivity contribution >= 4 is 52.4 Å². The molecular weight excluding hydrogens is 392 g/mol. The maximum absolute atomic E-state index is 11.8. The van der Waals surface area contributed by atoms with Crippen LogP contribution in [0, 0.1) is 0 Å². The van der Waals surface area contributed by atoms with Gasteiger partial charge in [-0.15, -0.1) is 0 Å². The number of ether oxygens (including phenoxy) is 1. The van der Waals surface area contributed by atoms with Crippen LogP contribution in [-0.2, 0) is 15.1 Å². The van der Waals surface area contributed by atoms with E-state index in [0.29, 0.717) is 10.0 Å². The van der Waals surface area contributed by atoms with Gasteiger partial charge in [-0.1, -0.05) is 70.7 Å². The predicted molar refractivity (Wildman–Crippen MR) is 96.8 cm³/mol. The van der Waals surface area contributed by atoms with Crippen LogP contribution in [0.25, 0.3) is 0 Å². The zero-order valence-electron chi connectivity index (χ0n) is 12.6. The number of halogens is 4. The van der Waals surface area contributed by atoms with Crippen molar-refractivity contribution in [1.82, 2.24) is 4.90 Å². The van der Waals surface area contributed by atoms with Gasteiger partial charge in [0.15, 0.2) is 4.46 Å². The largest absolute Gasteiger partial charge is 0.468 e. The fourth-order valence-corrected chi connectivity index (χ4v) is 4.16. The number of alkyl halides is 2. The summed E-state index contributed by atoms with van der Waals surface area (Å²) < 4.78 is 3.45. The summed E-state index contributed by atoms with van der Waals surface area (Å²) >= 11 is 25.2. The Bertz CT molecular complexity index is 714. The number of hydrogen-bond acceptors (Lipinski definition) is 3. The maximum atomic E-state index is 11.8. The van der Waals surface area contributed by atoms with Gasteiger partial charge in [0.1, 0.15) is 12.1 Å². The Morgan fingerprint density at radius 2 is 1.38 bits per heavy atom. The fourth-order valence-electron chi connectivity index (χ4n) is 2.98. The molecule has 0 spiro atoms. The summed E-state index contributed by atoms with van der Waals surface area (Å²) in [5, 5.41) is 1.19. The summed E-state index contributed by atoms with van der Waals surface area (Å²) in [6.07, 6.45) is 0. The Hall–Kier alpha value is -0.970. The van der Waals surface area contributed by atoms with Crippen molar-refractivity contribution in [3.63, 3.8) is 0 Å². The zero-order valence-corrected chi connectivity index (χ0v) is 15.6. The topological polar surface area (TPSA) is 29.3 Å². The molecule has 2 aromatic carbocycles. The lowest BCUT2D eigenvalue weighted by Gasteiger charge is -2.19. The number of carbonyl (C=O) groups is 1. The molecular formula is C17H13Cl4NO2. The van der Waals surface area contributed by atoms with E-state index in [4.69, 9.17) is 51.1 Å². The summed E-state index contributed by atoms with van der Waals surface area (Å²) in [5.41, 5.74) is 0.755. The van der Waals surface area contributed by atoms with E-state index in [1.165, 1.54) is 7.11 Å². The van der Waals surface area contributed by atoms with Gasteiger partial charge in [-0.3, -0.25) is 4.79 Å². The first-order valence-corrected chi connectivity index (χ1v) is 8.59. The summed E-state index contributed by atoms with van der Waals surface area (Å²) in [5.74, 6) is -0.425. The lowest BCUT2D eigenvalue weighted by molar-refractivity contribution is -0.140. The average molecular weight is 405 g/mol. The van der Waals surface area contributed by atoms with Gasteiger partial charge in [0, 0.05) is 10.0 Å². The van der Waals surface area contributed by atoms with Gasteiger partial charge in [0.2, 0.25) is 0 Å². The van der Waals surface area contributed by atoms with Crippen molar-refractivity contribution in [2.24, 2.45) is 0 Å². The molecule has 1 aliphatic rings. The Morgan fingerprint density at radius 3 is 1.75 bits per heavy atom. The third-order valence-electron chi connectivity index (χ3n) is 4.17. The third kappa shape index (κ3) is 2.69. The molecule has 0 saturated carbocycles. The van der Waals surface area contributed by atoms with Crippen LogP contribution in [0.15, 0.2) is 48.5 Å². The Morgan fingerprint density at radius 1 is 0.958 bits per heavy atom. The van der Waals surface area contributed by atoms with E-state index in [-0.39, 0.29) is 6.54 Å². The van der Waals surface area contributed by atoms with Crippen molar-refractivity contribution in [2.45, 2.75) is 10.00 Å². The molecule has 1 fully saturated rings. The molecule has 24 heavy (non-hydrogen) atoms. The lowest BCUT2D eigenvalue weighted by atomic mass is 9.90. The first-order chi connectivity index (χ1) is 11.3. The summed E-state index contributed by atoms with van der Waals surface area (Å²) in [6.45, 7) is -0.0469. The van der Waals surface area contributed by atoms with E-state index in [0.717, 1.165) is 11.1 Å². The second kappa shape index (κ2) is 6.40. The molecule has 0 aliphatic carbocycles. The Labute approximate surface area is 160 Å². The van der Waals surface area contributed by atoms with Crippen molar-refractivity contribution in [3.8, 4) is 0 Å². The molecule has 0 radical (unpaired) electrons. The minimum Gasteiger partial charge on any atom is -0.468 e. The molecule has 1 aliphatic heterocycles. The highest BCUT2D eigenvalue weighted by Gasteiger charge is 2.76. The quantitative estimate of drug-likeness (QED) is 0.315. The van der Waals surface area contributed by atoms with E-state index in [9.17, 15) is 4.79 Å². The van der Waals surface area contributed by atoms with Crippen LogP contribution in [0.1, 0.15) is 11.1 Å². The van der Waals surface area contributed by atoms with Gasteiger partial charge in [-0.2, -0.15) is 0 Å². The number of esters is 1. The van der Waals surface area contributed by atoms with Crippen LogP contribution >= 0.6 is 46.4 Å². The van der Waals surface area contributed by atoms with Crippen molar-refractivity contribution < 1.29 is 9.53 Å². The second-order valence-corrected chi connectivity index (χ2v) is 7.59. The molecule has 1 atom stereocenters. The van der Waals surface area contributed by atoms with Crippen LogP contribution in [-0.4, -0.2) is 29.0 Å². The zero-order chi connectivity index (χ0) is 17.5. The molecule has 126 valence electrons. The average Bonchev–Trinajstić information content (AvgIpc) is 3.04. The van der Waals surface area contributed by atoms with Crippen molar-refractivity contribution in [2.75, 3.05) is 13.7 Å². The predicted octanol–water partition coefficient (Wildman–Crippen LogP) is 4.86. The minimum atomic E-state index is -1.30. The number of benzene rings is 2. The van der Waals surface area contributed by atoms with E-state index in [2.05, 4.69) is 0 Å². The standard InChI is InChI=1S/C17H13Cl4NO2/c1-24-15(23)10-22-16(17(22,20)21,11-2-6-13(18)7-3-11)12-4-8-14(19)9-5-12/h2-9H,10H2,1H3. The molecule has 2 aromatic rings. The molecule has 3 rings (SSSR count). The number of rotatable bonds is 4. The number of carbonyl (C=O) groups excluding carboxylic acids is 1. The highest BCUT2D eigenvalue weighted by Crippen LogP contribution is 2.67. The monoisotopic (exact) mass is 403 g/mol. The molecule has 0 bridgehead atoms. The van der Waals surface area contributed by atoms with E-state index in [1.54, 1.807) is 29.2 Å². The van der Waals surface area contributed by atoms with Crippen molar-refractivity contribution in [3.05, 3.63) is 69.7 Å². The Balaban J connectivity index is 2.13. The molecule has 7 heteroatoms. The number of hydrogen-bond donors (Lipinski definition) is 0. The normalized spacial score (nSPS) is 20.5. The van der Waals surface area contributed by atoms with Crippen LogP contribution in [0.2, 0.25) is 10.0 Å². The molecule has 1 heterocycles. The Kier molecular flexibility index (Phi) is 4.75. The third-order valence-corrected chi connectivity index (χ3v) is 5.63. The smallest absolute Gasteiger partial charge is 0.319 e. The first-order valence-electron chi connectivity index (χ1n) is 7.08. The van der Waals surface area contributed by atoms with Crippen LogP contribution in [0.3, 0.4) is 0 Å². The van der Waals surface area contributed by atoms with Gasteiger partial charge < -0.3 is 4.74 Å². The molecule has 1 saturated heterocycles. The molecule has 0 amide bonds. The number of nitrogens with zero attached hydrogens (tertiary/aromatic N) is 1. The van der Waals surface area contributed by atoms with Crippen LogP contribution in [0.5, 0.6) is 0 Å². The second-order valence-electron chi connectivity index (χ2n) is 5.43. The van der Waals surface area contributed by atoms with Gasteiger partial charge in [-0.25, -0.2) is 4.90 Å². The van der Waals surface area contributed by atoms with Gasteiger partial charge in [-0.05, 0) is 35.4 Å². The minimum absolute atomic E-state index is 0.0469. The van der Waals surface area contributed by atoms with E-state index < -0.39 is 16.0 Å². The van der Waals surface area contributed by atoms with Gasteiger partial charge in [0.25, 0.3) is 0 Å². The maximum Gasteiger partial charge on any atom is 0.319 e. The SMILES string of the molecule is COC(=O)CN1C(Cl)(Cl)C1(c1ccc(Cl)cc1)c1ccc(Cl)cc1. The molecule has 3 nitrogen and oxygen atoms in total. The molecule has 1 unspecified atom stereocenters. The molecule has 0 aromatic heterocycles. The lowest BCUT2D eigenvalue weighted by Crippen LogP contribution is -2.23. The van der Waals surface area contributed by atoms with Crippen molar-refractivity contribution in [1.29, 1.82) is 0 Å². The van der Waals surface area contributed by atoms with Crippen LogP contribution in [0.4, 0.5) is 0 Å². The highest BCUT2D eigenvalue weighted by molar-refractivity contribution is 6.52.